The maximum atomic E-state index is 12.5. The van der Waals surface area contributed by atoms with E-state index in [0.29, 0.717) is 28.8 Å². The molecule has 0 aliphatic carbocycles. The molecule has 7 heteroatoms. The van der Waals surface area contributed by atoms with Crippen molar-refractivity contribution in [1.82, 2.24) is 4.90 Å². The zero-order valence-electron chi connectivity index (χ0n) is 14.2. The third-order valence-electron chi connectivity index (χ3n) is 4.31. The van der Waals surface area contributed by atoms with Crippen LogP contribution in [0.5, 0.6) is 5.75 Å². The van der Waals surface area contributed by atoms with Crippen molar-refractivity contribution < 1.29 is 14.3 Å². The number of methoxy groups -OCH3 is 1. The van der Waals surface area contributed by atoms with Gasteiger partial charge in [0.2, 0.25) is 11.8 Å². The number of benzene rings is 2. The van der Waals surface area contributed by atoms with E-state index in [4.69, 9.17) is 27.9 Å². The molecule has 0 radical (unpaired) electrons. The van der Waals surface area contributed by atoms with Crippen molar-refractivity contribution in [2.45, 2.75) is 13.0 Å². The van der Waals surface area contributed by atoms with Crippen molar-refractivity contribution in [3.05, 3.63) is 58.1 Å². The van der Waals surface area contributed by atoms with Gasteiger partial charge in [0.1, 0.15) is 5.75 Å². The van der Waals surface area contributed by atoms with E-state index in [-0.39, 0.29) is 18.2 Å². The van der Waals surface area contributed by atoms with Crippen LogP contribution in [-0.2, 0) is 16.1 Å². The smallest absolute Gasteiger partial charge is 0.229 e. The molecule has 26 heavy (non-hydrogen) atoms. The van der Waals surface area contributed by atoms with Crippen LogP contribution in [0.1, 0.15) is 12.0 Å². The minimum atomic E-state index is -0.410. The van der Waals surface area contributed by atoms with Crippen LogP contribution in [0.2, 0.25) is 10.0 Å². The summed E-state index contributed by atoms with van der Waals surface area (Å²) in [6.07, 6.45) is 0.188. The third kappa shape index (κ3) is 4.29. The van der Waals surface area contributed by atoms with E-state index in [9.17, 15) is 9.59 Å². The Kier molecular flexibility index (Phi) is 5.69. The van der Waals surface area contributed by atoms with E-state index in [1.54, 1.807) is 30.2 Å². The first-order chi connectivity index (χ1) is 12.5. The highest BCUT2D eigenvalue weighted by atomic mass is 35.5. The summed E-state index contributed by atoms with van der Waals surface area (Å²) in [6.45, 7) is 0.843. The molecule has 5 nitrogen and oxygen atoms in total. The Labute approximate surface area is 161 Å². The molecule has 0 spiro atoms. The minimum absolute atomic E-state index is 0.0387. The fourth-order valence-electron chi connectivity index (χ4n) is 2.88. The normalized spacial score (nSPS) is 16.7. The van der Waals surface area contributed by atoms with Crippen molar-refractivity contribution >= 4 is 40.7 Å². The fraction of sp³-hybridized carbons (Fsp3) is 0.263. The molecule has 1 unspecified atom stereocenters. The van der Waals surface area contributed by atoms with Crippen LogP contribution >= 0.6 is 23.2 Å². The van der Waals surface area contributed by atoms with Gasteiger partial charge in [-0.25, -0.2) is 0 Å². The Hall–Kier alpha value is -2.24. The van der Waals surface area contributed by atoms with Crippen molar-refractivity contribution in [2.75, 3.05) is 19.0 Å². The molecule has 0 bridgehead atoms. The number of carbonyl (C=O) groups excluding carboxylic acids is 2. The second-order valence-corrected chi connectivity index (χ2v) is 6.98. The molecule has 2 aromatic carbocycles. The highest BCUT2D eigenvalue weighted by Gasteiger charge is 2.34. The average Bonchev–Trinajstić information content (AvgIpc) is 2.99. The summed E-state index contributed by atoms with van der Waals surface area (Å²) in [5, 5.41) is 3.64. The quantitative estimate of drug-likeness (QED) is 0.836. The van der Waals surface area contributed by atoms with Crippen molar-refractivity contribution in [1.29, 1.82) is 0 Å². The molecular formula is C19H18Cl2N2O3. The molecule has 2 amide bonds. The molecule has 1 fully saturated rings. The van der Waals surface area contributed by atoms with E-state index in [2.05, 4.69) is 5.32 Å². The summed E-state index contributed by atoms with van der Waals surface area (Å²) in [5.41, 5.74) is 1.48. The van der Waals surface area contributed by atoms with Gasteiger partial charge in [-0.05, 0) is 35.9 Å². The first kappa shape index (κ1) is 18.5. The van der Waals surface area contributed by atoms with Gasteiger partial charge in [-0.3, -0.25) is 9.59 Å². The van der Waals surface area contributed by atoms with Gasteiger partial charge in [0.05, 0.1) is 23.7 Å². The minimum Gasteiger partial charge on any atom is -0.497 e. The van der Waals surface area contributed by atoms with Gasteiger partial charge in [0.15, 0.2) is 0 Å². The fourth-order valence-corrected chi connectivity index (χ4v) is 3.33. The lowest BCUT2D eigenvalue weighted by atomic mass is 10.1. The SMILES string of the molecule is COc1ccc(CN2CC(C(=O)Nc3ccc(Cl)cc3Cl)CC2=O)cc1. The van der Waals surface area contributed by atoms with E-state index in [1.165, 1.54) is 0 Å². The Morgan fingerprint density at radius 2 is 1.96 bits per heavy atom. The molecule has 0 saturated carbocycles. The number of anilines is 1. The van der Waals surface area contributed by atoms with Crippen molar-refractivity contribution in [2.24, 2.45) is 5.92 Å². The van der Waals surface area contributed by atoms with Crippen LogP contribution in [0.25, 0.3) is 0 Å². The topological polar surface area (TPSA) is 58.6 Å². The lowest BCUT2D eigenvalue weighted by molar-refractivity contribution is -0.128. The molecule has 0 aromatic heterocycles. The average molecular weight is 393 g/mol. The molecular weight excluding hydrogens is 375 g/mol. The van der Waals surface area contributed by atoms with Crippen LogP contribution in [0, 0.1) is 5.92 Å². The summed E-state index contributed by atoms with van der Waals surface area (Å²) >= 11 is 11.9. The monoisotopic (exact) mass is 392 g/mol. The van der Waals surface area contributed by atoms with E-state index in [0.717, 1.165) is 11.3 Å². The van der Waals surface area contributed by atoms with Gasteiger partial charge in [0, 0.05) is 24.5 Å². The number of rotatable bonds is 5. The first-order valence-electron chi connectivity index (χ1n) is 8.13. The maximum Gasteiger partial charge on any atom is 0.229 e. The molecule has 1 N–H and O–H groups in total. The second-order valence-electron chi connectivity index (χ2n) is 6.14. The van der Waals surface area contributed by atoms with Gasteiger partial charge in [-0.15, -0.1) is 0 Å². The number of likely N-dealkylation sites (tertiary alicyclic amines) is 1. The summed E-state index contributed by atoms with van der Waals surface area (Å²) in [7, 11) is 1.61. The standard InChI is InChI=1S/C19H18Cl2N2O3/c1-26-15-5-2-12(3-6-15)10-23-11-13(8-18(23)24)19(25)22-17-7-4-14(20)9-16(17)21/h2-7,9,13H,8,10-11H2,1H3,(H,22,25). The lowest BCUT2D eigenvalue weighted by Crippen LogP contribution is -2.28. The van der Waals surface area contributed by atoms with Gasteiger partial charge in [-0.1, -0.05) is 35.3 Å². The summed E-state index contributed by atoms with van der Waals surface area (Å²) < 4.78 is 5.13. The first-order valence-corrected chi connectivity index (χ1v) is 8.88. The van der Waals surface area contributed by atoms with E-state index >= 15 is 0 Å². The van der Waals surface area contributed by atoms with Crippen LogP contribution in [0.3, 0.4) is 0 Å². The highest BCUT2D eigenvalue weighted by Crippen LogP contribution is 2.27. The lowest BCUT2D eigenvalue weighted by Gasteiger charge is -2.17. The predicted molar refractivity (Wildman–Crippen MR) is 102 cm³/mol. The van der Waals surface area contributed by atoms with Crippen LogP contribution in [-0.4, -0.2) is 30.4 Å². The van der Waals surface area contributed by atoms with Crippen molar-refractivity contribution in [3.8, 4) is 5.75 Å². The molecule has 136 valence electrons. The van der Waals surface area contributed by atoms with Crippen LogP contribution < -0.4 is 10.1 Å². The highest BCUT2D eigenvalue weighted by molar-refractivity contribution is 6.36. The van der Waals surface area contributed by atoms with Crippen LogP contribution in [0.4, 0.5) is 5.69 Å². The third-order valence-corrected chi connectivity index (χ3v) is 4.85. The van der Waals surface area contributed by atoms with Gasteiger partial charge >= 0.3 is 0 Å². The number of ether oxygens (including phenoxy) is 1. The van der Waals surface area contributed by atoms with Gasteiger partial charge < -0.3 is 15.0 Å². The zero-order chi connectivity index (χ0) is 18.7. The Bertz CT molecular complexity index is 824. The maximum absolute atomic E-state index is 12.5. The van der Waals surface area contributed by atoms with E-state index in [1.807, 2.05) is 24.3 Å². The number of nitrogens with one attached hydrogen (secondary N) is 1. The molecule has 1 saturated heterocycles. The Morgan fingerprint density at radius 3 is 2.62 bits per heavy atom. The molecule has 1 aliphatic rings. The number of hydrogen-bond acceptors (Lipinski definition) is 3. The van der Waals surface area contributed by atoms with E-state index < -0.39 is 5.92 Å². The van der Waals surface area contributed by atoms with Gasteiger partial charge in [-0.2, -0.15) is 0 Å². The summed E-state index contributed by atoms with van der Waals surface area (Å²) in [4.78, 5) is 26.4. The Morgan fingerprint density at radius 1 is 1.23 bits per heavy atom. The molecule has 1 aliphatic heterocycles. The molecule has 3 rings (SSSR count). The Balaban J connectivity index is 1.61. The van der Waals surface area contributed by atoms with Crippen LogP contribution in [0.15, 0.2) is 42.5 Å². The van der Waals surface area contributed by atoms with Gasteiger partial charge in [0.25, 0.3) is 0 Å². The van der Waals surface area contributed by atoms with Crippen molar-refractivity contribution in [3.63, 3.8) is 0 Å². The second kappa shape index (κ2) is 7.98. The zero-order valence-corrected chi connectivity index (χ0v) is 15.7. The number of nitrogens with zero attached hydrogens (tertiary/aromatic N) is 1. The summed E-state index contributed by atoms with van der Waals surface area (Å²) in [6, 6.07) is 12.4. The number of carbonyl (C=O) groups is 2. The number of halogens is 2. The molecule has 1 heterocycles. The predicted octanol–water partition coefficient (Wildman–Crippen LogP) is 3.99. The summed E-state index contributed by atoms with van der Waals surface area (Å²) in [5.74, 6) is 0.0917. The number of amides is 2. The number of hydrogen-bond donors (Lipinski definition) is 1. The molecule has 2 aromatic rings. The largest absolute Gasteiger partial charge is 0.497 e. The molecule has 1 atom stereocenters.